The summed E-state index contributed by atoms with van der Waals surface area (Å²) in [5, 5.41) is 13.1. The normalized spacial score (nSPS) is 24.4. The number of hydrogen-bond donors (Lipinski definition) is 2. The van der Waals surface area contributed by atoms with Crippen LogP contribution in [0.4, 0.5) is 0 Å². The molecule has 1 aliphatic rings. The molecule has 126 valence electrons. The van der Waals surface area contributed by atoms with Crippen LogP contribution >= 0.6 is 0 Å². The van der Waals surface area contributed by atoms with Gasteiger partial charge in [-0.25, -0.2) is 0 Å². The minimum absolute atomic E-state index is 0.123. The summed E-state index contributed by atoms with van der Waals surface area (Å²) < 4.78 is 0. The Bertz CT molecular complexity index is 285. The molecule has 0 bridgehead atoms. The number of hydrogen-bond acceptors (Lipinski definition) is 4. The highest BCUT2D eigenvalue weighted by Gasteiger charge is 2.24. The first-order valence-corrected chi connectivity index (χ1v) is 8.71. The number of aliphatic hydroxyl groups excluding tert-OH is 1. The number of rotatable bonds is 9. The predicted molar refractivity (Wildman–Crippen MR) is 90.8 cm³/mol. The fourth-order valence-electron chi connectivity index (χ4n) is 3.40. The second-order valence-electron chi connectivity index (χ2n) is 7.32. The Kier molecular flexibility index (Phi) is 8.17. The molecule has 0 amide bonds. The van der Waals surface area contributed by atoms with E-state index in [9.17, 15) is 5.11 Å². The maximum absolute atomic E-state index is 9.60. The first-order chi connectivity index (χ1) is 9.90. The van der Waals surface area contributed by atoms with E-state index in [1.807, 2.05) is 0 Å². The van der Waals surface area contributed by atoms with Gasteiger partial charge in [0.1, 0.15) is 0 Å². The highest BCUT2D eigenvalue weighted by atomic mass is 16.3. The van der Waals surface area contributed by atoms with Gasteiger partial charge in [-0.1, -0.05) is 27.2 Å². The highest BCUT2D eigenvalue weighted by Crippen LogP contribution is 2.16. The molecule has 0 aromatic heterocycles. The van der Waals surface area contributed by atoms with Gasteiger partial charge < -0.3 is 20.2 Å². The van der Waals surface area contributed by atoms with E-state index < -0.39 is 0 Å². The lowest BCUT2D eigenvalue weighted by Gasteiger charge is -2.39. The minimum Gasteiger partial charge on any atom is -0.394 e. The van der Waals surface area contributed by atoms with Gasteiger partial charge in [-0.05, 0) is 39.8 Å². The summed E-state index contributed by atoms with van der Waals surface area (Å²) in [6, 6.07) is 1.15. The number of piperazine rings is 1. The van der Waals surface area contributed by atoms with Gasteiger partial charge in [-0.3, -0.25) is 0 Å². The summed E-state index contributed by atoms with van der Waals surface area (Å²) in [6.07, 6.45) is 4.70. The molecule has 0 saturated carbocycles. The van der Waals surface area contributed by atoms with Crippen LogP contribution in [0.3, 0.4) is 0 Å². The largest absolute Gasteiger partial charge is 0.394 e. The molecule has 2 atom stereocenters. The van der Waals surface area contributed by atoms with Gasteiger partial charge in [0.15, 0.2) is 0 Å². The maximum atomic E-state index is 9.60. The molecule has 0 radical (unpaired) electrons. The summed E-state index contributed by atoms with van der Waals surface area (Å²) in [6.45, 7) is 13.7. The number of likely N-dealkylation sites (N-methyl/N-ethyl adjacent to an activating group) is 1. The molecular weight excluding hydrogens is 262 g/mol. The molecular formula is C17H37N3O. The van der Waals surface area contributed by atoms with Crippen molar-refractivity contribution in [3.05, 3.63) is 0 Å². The van der Waals surface area contributed by atoms with Gasteiger partial charge in [0.05, 0.1) is 6.61 Å². The van der Waals surface area contributed by atoms with Gasteiger partial charge in [-0.2, -0.15) is 0 Å². The zero-order valence-electron chi connectivity index (χ0n) is 14.9. The van der Waals surface area contributed by atoms with E-state index in [0.29, 0.717) is 6.04 Å². The molecule has 2 unspecified atom stereocenters. The Morgan fingerprint density at radius 2 is 2.00 bits per heavy atom. The van der Waals surface area contributed by atoms with Crippen molar-refractivity contribution in [3.8, 4) is 0 Å². The van der Waals surface area contributed by atoms with E-state index >= 15 is 0 Å². The number of aliphatic hydroxyl groups is 1. The molecule has 1 aliphatic heterocycles. The Labute approximate surface area is 131 Å². The van der Waals surface area contributed by atoms with E-state index in [0.717, 1.165) is 12.5 Å². The lowest BCUT2D eigenvalue weighted by atomic mass is 9.94. The zero-order valence-corrected chi connectivity index (χ0v) is 14.9. The Morgan fingerprint density at radius 1 is 1.29 bits per heavy atom. The fraction of sp³-hybridized carbons (Fsp3) is 1.00. The van der Waals surface area contributed by atoms with Crippen molar-refractivity contribution in [3.63, 3.8) is 0 Å². The van der Waals surface area contributed by atoms with Gasteiger partial charge in [0, 0.05) is 37.3 Å². The van der Waals surface area contributed by atoms with Crippen LogP contribution in [0, 0.1) is 0 Å². The van der Waals surface area contributed by atoms with E-state index in [4.69, 9.17) is 0 Å². The Balaban J connectivity index is 2.24. The lowest BCUT2D eigenvalue weighted by molar-refractivity contribution is 0.0903. The minimum atomic E-state index is -0.123. The molecule has 0 aromatic rings. The first kappa shape index (κ1) is 18.9. The topological polar surface area (TPSA) is 38.7 Å². The Morgan fingerprint density at radius 3 is 2.57 bits per heavy atom. The van der Waals surface area contributed by atoms with Crippen LogP contribution in [0.15, 0.2) is 0 Å². The molecule has 1 saturated heterocycles. The standard InChI is InChI=1S/C17H37N3O/c1-6-16-13-20(12-11-19(16)5)10-8-7-9-17(4,14-21)18-15(2)3/h15-16,18,21H,6-14H2,1-5H3. The van der Waals surface area contributed by atoms with Crippen molar-refractivity contribution in [2.45, 2.75) is 71.0 Å². The van der Waals surface area contributed by atoms with Gasteiger partial charge in [0.25, 0.3) is 0 Å². The van der Waals surface area contributed by atoms with E-state index in [-0.39, 0.29) is 12.1 Å². The summed E-state index contributed by atoms with van der Waals surface area (Å²) in [7, 11) is 2.25. The molecule has 4 nitrogen and oxygen atoms in total. The average Bonchev–Trinajstić information content (AvgIpc) is 2.44. The van der Waals surface area contributed by atoms with E-state index in [1.165, 1.54) is 45.4 Å². The third-order valence-electron chi connectivity index (χ3n) is 4.77. The van der Waals surface area contributed by atoms with Crippen LogP contribution in [-0.4, -0.2) is 72.4 Å². The summed E-state index contributed by atoms with van der Waals surface area (Å²) in [5.41, 5.74) is -0.123. The van der Waals surface area contributed by atoms with Crippen molar-refractivity contribution in [2.75, 3.05) is 39.8 Å². The molecule has 1 fully saturated rings. The second kappa shape index (κ2) is 9.09. The molecule has 2 N–H and O–H groups in total. The molecule has 1 rings (SSSR count). The fourth-order valence-corrected chi connectivity index (χ4v) is 3.40. The molecule has 4 heteroatoms. The summed E-state index contributed by atoms with van der Waals surface area (Å²) in [4.78, 5) is 5.10. The molecule has 1 heterocycles. The smallest absolute Gasteiger partial charge is 0.0610 e. The first-order valence-electron chi connectivity index (χ1n) is 8.71. The zero-order chi connectivity index (χ0) is 15.9. The molecule has 0 spiro atoms. The van der Waals surface area contributed by atoms with Crippen molar-refractivity contribution >= 4 is 0 Å². The van der Waals surface area contributed by atoms with E-state index in [2.05, 4.69) is 49.9 Å². The second-order valence-corrected chi connectivity index (χ2v) is 7.32. The van der Waals surface area contributed by atoms with Gasteiger partial charge in [-0.15, -0.1) is 0 Å². The van der Waals surface area contributed by atoms with Crippen molar-refractivity contribution in [1.29, 1.82) is 0 Å². The summed E-state index contributed by atoms with van der Waals surface area (Å²) in [5.74, 6) is 0. The third kappa shape index (κ3) is 6.64. The quantitative estimate of drug-likeness (QED) is 0.638. The molecule has 21 heavy (non-hydrogen) atoms. The van der Waals surface area contributed by atoms with Crippen LogP contribution in [0.2, 0.25) is 0 Å². The number of nitrogens with one attached hydrogen (secondary N) is 1. The van der Waals surface area contributed by atoms with Crippen LogP contribution < -0.4 is 5.32 Å². The van der Waals surface area contributed by atoms with Crippen LogP contribution in [0.5, 0.6) is 0 Å². The van der Waals surface area contributed by atoms with Crippen molar-refractivity contribution in [1.82, 2.24) is 15.1 Å². The monoisotopic (exact) mass is 299 g/mol. The lowest BCUT2D eigenvalue weighted by Crippen LogP contribution is -2.51. The SMILES string of the molecule is CCC1CN(CCCCC(C)(CO)NC(C)C)CCN1C. The third-order valence-corrected chi connectivity index (χ3v) is 4.77. The van der Waals surface area contributed by atoms with Crippen LogP contribution in [0.1, 0.15) is 53.4 Å². The average molecular weight is 300 g/mol. The summed E-state index contributed by atoms with van der Waals surface area (Å²) >= 11 is 0. The number of nitrogens with zero attached hydrogens (tertiary/aromatic N) is 2. The van der Waals surface area contributed by atoms with Crippen molar-refractivity contribution < 1.29 is 5.11 Å². The highest BCUT2D eigenvalue weighted by molar-refractivity contribution is 4.84. The predicted octanol–water partition coefficient (Wildman–Crippen LogP) is 1.93. The molecule has 0 aromatic carbocycles. The van der Waals surface area contributed by atoms with Gasteiger partial charge in [0.2, 0.25) is 0 Å². The van der Waals surface area contributed by atoms with Gasteiger partial charge >= 0.3 is 0 Å². The van der Waals surface area contributed by atoms with Crippen LogP contribution in [0.25, 0.3) is 0 Å². The van der Waals surface area contributed by atoms with E-state index in [1.54, 1.807) is 0 Å². The van der Waals surface area contributed by atoms with Crippen LogP contribution in [-0.2, 0) is 0 Å². The molecule has 0 aliphatic carbocycles. The van der Waals surface area contributed by atoms with Crippen molar-refractivity contribution in [2.24, 2.45) is 0 Å². The Hall–Kier alpha value is -0.160. The maximum Gasteiger partial charge on any atom is 0.0610 e. The number of unbranched alkanes of at least 4 members (excludes halogenated alkanes) is 1.